The highest BCUT2D eigenvalue weighted by Crippen LogP contribution is 2.18. The molecule has 0 aliphatic carbocycles. The maximum Gasteiger partial charge on any atom is 0.241 e. The Labute approximate surface area is 83.1 Å². The van der Waals surface area contributed by atoms with E-state index in [1.807, 2.05) is 13.0 Å². The fourth-order valence-corrected chi connectivity index (χ4v) is 2.16. The third kappa shape index (κ3) is 5.88. The van der Waals surface area contributed by atoms with E-state index in [9.17, 15) is 0 Å². The molecule has 0 aromatic heterocycles. The van der Waals surface area contributed by atoms with E-state index in [0.29, 0.717) is 5.92 Å². The van der Waals surface area contributed by atoms with Gasteiger partial charge in [-0.15, -0.1) is 0 Å². The van der Waals surface area contributed by atoms with Crippen LogP contribution in [0.1, 0.15) is 13.8 Å². The molecule has 0 rings (SSSR count). The summed E-state index contributed by atoms with van der Waals surface area (Å²) in [5, 5.41) is 0. The number of rotatable bonds is 5. The zero-order valence-corrected chi connectivity index (χ0v) is 10.7. The predicted octanol–water partition coefficient (Wildman–Crippen LogP) is 3.02. The zero-order valence-electron chi connectivity index (χ0n) is 9.68. The van der Waals surface area contributed by atoms with Gasteiger partial charge < -0.3 is 9.16 Å². The summed E-state index contributed by atoms with van der Waals surface area (Å²) in [4.78, 5) is 0. The molecule has 0 radical (unpaired) electrons. The van der Waals surface area contributed by atoms with Crippen LogP contribution < -0.4 is 0 Å². The van der Waals surface area contributed by atoms with Crippen molar-refractivity contribution in [1.82, 2.24) is 0 Å². The van der Waals surface area contributed by atoms with Crippen LogP contribution in [-0.4, -0.2) is 22.0 Å². The van der Waals surface area contributed by atoms with Crippen molar-refractivity contribution in [3.63, 3.8) is 0 Å². The van der Waals surface area contributed by atoms with E-state index in [1.165, 1.54) is 0 Å². The van der Waals surface area contributed by atoms with Crippen LogP contribution in [0.25, 0.3) is 0 Å². The predicted molar refractivity (Wildman–Crippen MR) is 59.2 cm³/mol. The summed E-state index contributed by atoms with van der Waals surface area (Å²) in [6, 6.07) is 0. The zero-order chi connectivity index (χ0) is 10.5. The largest absolute Gasteiger partial charge is 0.547 e. The summed E-state index contributed by atoms with van der Waals surface area (Å²) in [6.45, 7) is 11.4. The smallest absolute Gasteiger partial charge is 0.241 e. The molecule has 0 bridgehead atoms. The monoisotopic (exact) mass is 202 g/mol. The normalized spacial score (nSPS) is 15.7. The van der Waals surface area contributed by atoms with Crippen molar-refractivity contribution in [2.24, 2.45) is 5.92 Å². The van der Waals surface area contributed by atoms with Gasteiger partial charge in [0.1, 0.15) is 0 Å². The van der Waals surface area contributed by atoms with Crippen molar-refractivity contribution in [1.29, 1.82) is 0 Å². The highest BCUT2D eigenvalue weighted by atomic mass is 28.4. The van der Waals surface area contributed by atoms with Crippen LogP contribution in [0.15, 0.2) is 11.8 Å². The van der Waals surface area contributed by atoms with E-state index in [-0.39, 0.29) is 0 Å². The quantitative estimate of drug-likeness (QED) is 0.504. The number of methoxy groups -OCH3 is 1. The Balaban J connectivity index is 4.20. The summed E-state index contributed by atoms with van der Waals surface area (Å²) in [6.07, 6.45) is 2.04. The molecular weight excluding hydrogens is 180 g/mol. The summed E-state index contributed by atoms with van der Waals surface area (Å²) in [5.41, 5.74) is 0. The highest BCUT2D eigenvalue weighted by molar-refractivity contribution is 6.70. The molecular formula is C10H22O2Si. The van der Waals surface area contributed by atoms with Crippen LogP contribution in [0.3, 0.4) is 0 Å². The van der Waals surface area contributed by atoms with Crippen LogP contribution in [-0.2, 0) is 9.16 Å². The van der Waals surface area contributed by atoms with Crippen LogP contribution in [0.2, 0.25) is 19.6 Å². The molecule has 0 saturated heterocycles. The fourth-order valence-electron chi connectivity index (χ4n) is 1.13. The van der Waals surface area contributed by atoms with Gasteiger partial charge in [0.15, 0.2) is 0 Å². The fraction of sp³-hybridized carbons (Fsp3) is 0.800. The molecule has 0 N–H and O–H groups in total. The minimum Gasteiger partial charge on any atom is -0.547 e. The van der Waals surface area contributed by atoms with Crippen molar-refractivity contribution >= 4 is 8.32 Å². The summed E-state index contributed by atoms with van der Waals surface area (Å²) >= 11 is 0. The van der Waals surface area contributed by atoms with Gasteiger partial charge in [0, 0.05) is 13.0 Å². The van der Waals surface area contributed by atoms with Crippen LogP contribution in [0.4, 0.5) is 0 Å². The second-order valence-corrected chi connectivity index (χ2v) is 8.69. The lowest BCUT2D eigenvalue weighted by Crippen LogP contribution is -2.27. The number of allylic oxidation sites excluding steroid dienone is 1. The molecule has 0 spiro atoms. The van der Waals surface area contributed by atoms with Crippen molar-refractivity contribution in [3.8, 4) is 0 Å². The van der Waals surface area contributed by atoms with Crippen molar-refractivity contribution < 1.29 is 9.16 Å². The molecule has 0 saturated carbocycles. The van der Waals surface area contributed by atoms with Crippen LogP contribution in [0, 0.1) is 5.92 Å². The lowest BCUT2D eigenvalue weighted by Gasteiger charge is -2.25. The van der Waals surface area contributed by atoms with E-state index in [1.54, 1.807) is 7.11 Å². The Morgan fingerprint density at radius 1 is 1.38 bits per heavy atom. The molecule has 1 unspecified atom stereocenters. The van der Waals surface area contributed by atoms with Gasteiger partial charge in [-0.25, -0.2) is 0 Å². The second-order valence-electron chi connectivity index (χ2n) is 4.26. The van der Waals surface area contributed by atoms with Crippen molar-refractivity contribution in [2.75, 3.05) is 13.7 Å². The summed E-state index contributed by atoms with van der Waals surface area (Å²) in [7, 11) is 0.264. The Morgan fingerprint density at radius 2 is 1.92 bits per heavy atom. The van der Waals surface area contributed by atoms with Gasteiger partial charge in [-0.1, -0.05) is 13.0 Å². The summed E-state index contributed by atoms with van der Waals surface area (Å²) < 4.78 is 11.0. The maximum absolute atomic E-state index is 5.92. The molecule has 3 heteroatoms. The second kappa shape index (κ2) is 5.45. The van der Waals surface area contributed by atoms with Gasteiger partial charge >= 0.3 is 0 Å². The molecule has 2 nitrogen and oxygen atoms in total. The third-order valence-electron chi connectivity index (χ3n) is 1.61. The molecule has 13 heavy (non-hydrogen) atoms. The molecule has 0 aromatic rings. The van der Waals surface area contributed by atoms with Crippen LogP contribution >= 0.6 is 0 Å². The maximum atomic E-state index is 5.92. The molecule has 0 amide bonds. The number of ether oxygens (including phenoxy) is 1. The first-order valence-electron chi connectivity index (χ1n) is 4.75. The molecule has 0 aliphatic rings. The molecule has 1 atom stereocenters. The average molecular weight is 202 g/mol. The topological polar surface area (TPSA) is 18.5 Å². The SMILES string of the molecule is C/C=C(\O[Si](C)(C)C)C(C)COC. The Morgan fingerprint density at radius 3 is 2.23 bits per heavy atom. The molecule has 0 fully saturated rings. The third-order valence-corrected chi connectivity index (χ3v) is 2.46. The Kier molecular flexibility index (Phi) is 5.33. The number of hydrogen-bond acceptors (Lipinski definition) is 2. The Bertz CT molecular complexity index is 170. The molecule has 78 valence electrons. The number of hydrogen-bond donors (Lipinski definition) is 0. The van der Waals surface area contributed by atoms with Gasteiger partial charge in [0.05, 0.1) is 12.4 Å². The van der Waals surface area contributed by atoms with Gasteiger partial charge in [0.2, 0.25) is 8.32 Å². The van der Waals surface area contributed by atoms with Gasteiger partial charge in [0.25, 0.3) is 0 Å². The molecule has 0 aromatic carbocycles. The van der Waals surface area contributed by atoms with E-state index >= 15 is 0 Å². The summed E-state index contributed by atoms with van der Waals surface area (Å²) in [5.74, 6) is 1.43. The molecule has 0 aliphatic heterocycles. The van der Waals surface area contributed by atoms with Crippen molar-refractivity contribution in [3.05, 3.63) is 11.8 Å². The first-order valence-corrected chi connectivity index (χ1v) is 8.15. The van der Waals surface area contributed by atoms with E-state index < -0.39 is 8.32 Å². The standard InChI is InChI=1S/C10H22O2Si/c1-7-10(9(2)8-11-3)12-13(4,5)6/h7,9H,8H2,1-6H3/b10-7-. The van der Waals surface area contributed by atoms with Gasteiger partial charge in [-0.2, -0.15) is 0 Å². The average Bonchev–Trinajstić information content (AvgIpc) is 1.99. The van der Waals surface area contributed by atoms with E-state index in [2.05, 4.69) is 26.6 Å². The first kappa shape index (κ1) is 12.7. The van der Waals surface area contributed by atoms with Gasteiger partial charge in [-0.05, 0) is 26.6 Å². The van der Waals surface area contributed by atoms with E-state index in [4.69, 9.17) is 9.16 Å². The van der Waals surface area contributed by atoms with Crippen LogP contribution in [0.5, 0.6) is 0 Å². The van der Waals surface area contributed by atoms with Crippen molar-refractivity contribution in [2.45, 2.75) is 33.5 Å². The molecule has 0 heterocycles. The van der Waals surface area contributed by atoms with Gasteiger partial charge in [-0.3, -0.25) is 0 Å². The minimum absolute atomic E-state index is 0.363. The lowest BCUT2D eigenvalue weighted by molar-refractivity contribution is 0.153. The lowest BCUT2D eigenvalue weighted by atomic mass is 10.1. The Hall–Kier alpha value is -0.283. The van der Waals surface area contributed by atoms with E-state index in [0.717, 1.165) is 12.4 Å². The highest BCUT2D eigenvalue weighted by Gasteiger charge is 2.20. The first-order chi connectivity index (χ1) is 5.90. The minimum atomic E-state index is -1.46.